The Labute approximate surface area is 211 Å². The van der Waals surface area contributed by atoms with Crippen LogP contribution < -0.4 is 4.74 Å². The molecule has 0 bridgehead atoms. The summed E-state index contributed by atoms with van der Waals surface area (Å²) in [5.74, 6) is -1.83. The van der Waals surface area contributed by atoms with Gasteiger partial charge in [-0.05, 0) is 48.4 Å². The zero-order valence-corrected chi connectivity index (χ0v) is 20.1. The Morgan fingerprint density at radius 1 is 1.11 bits per heavy atom. The number of methoxy groups -OCH3 is 1. The summed E-state index contributed by atoms with van der Waals surface area (Å²) in [7, 11) is 1.45. The zero-order valence-electron chi connectivity index (χ0n) is 19.3. The number of nitrogens with zero attached hydrogens (tertiary/aromatic N) is 1. The van der Waals surface area contributed by atoms with E-state index < -0.39 is 17.7 Å². The van der Waals surface area contributed by atoms with Gasteiger partial charge in [0.25, 0.3) is 11.7 Å². The van der Waals surface area contributed by atoms with Gasteiger partial charge >= 0.3 is 0 Å². The minimum Gasteiger partial charge on any atom is -0.507 e. The van der Waals surface area contributed by atoms with E-state index in [2.05, 4.69) is 4.98 Å². The molecule has 1 fully saturated rings. The Balaban J connectivity index is 1.63. The van der Waals surface area contributed by atoms with Crippen LogP contribution in [0.2, 0.25) is 5.02 Å². The van der Waals surface area contributed by atoms with Gasteiger partial charge in [-0.25, -0.2) is 4.39 Å². The largest absolute Gasteiger partial charge is 0.507 e. The first-order valence-corrected chi connectivity index (χ1v) is 11.7. The molecule has 1 aliphatic heterocycles. The van der Waals surface area contributed by atoms with Crippen LogP contribution >= 0.6 is 11.6 Å². The predicted octanol–water partition coefficient (Wildman–Crippen LogP) is 5.63. The van der Waals surface area contributed by atoms with Crippen LogP contribution in [0.3, 0.4) is 0 Å². The molecule has 0 radical (unpaired) electrons. The van der Waals surface area contributed by atoms with Crippen LogP contribution in [0.15, 0.2) is 78.5 Å². The summed E-state index contributed by atoms with van der Waals surface area (Å²) in [6.45, 7) is 0.196. The topological polar surface area (TPSA) is 82.6 Å². The van der Waals surface area contributed by atoms with Crippen LogP contribution in [-0.2, 0) is 16.0 Å². The maximum atomic E-state index is 13.4. The molecule has 2 N–H and O–H groups in total. The zero-order chi connectivity index (χ0) is 25.4. The van der Waals surface area contributed by atoms with E-state index in [1.807, 2.05) is 24.3 Å². The SMILES string of the molecule is COc1cc(/C(O)=C2\C(=O)C(=O)N(CCc3ccc(F)cc3)C2c2c[nH]c3ccccc23)ccc1Cl. The number of ketones is 1. The Kier molecular flexibility index (Phi) is 6.24. The lowest BCUT2D eigenvalue weighted by molar-refractivity contribution is -0.139. The first-order valence-electron chi connectivity index (χ1n) is 11.3. The summed E-state index contributed by atoms with van der Waals surface area (Å²) in [4.78, 5) is 31.2. The van der Waals surface area contributed by atoms with Gasteiger partial charge in [-0.3, -0.25) is 9.59 Å². The number of amides is 1. The first-order chi connectivity index (χ1) is 17.4. The molecule has 0 saturated carbocycles. The highest BCUT2D eigenvalue weighted by Crippen LogP contribution is 2.42. The maximum absolute atomic E-state index is 13.4. The normalized spacial score (nSPS) is 17.2. The standard InChI is InChI=1S/C28H22ClFN2O4/c1-36-23-14-17(8-11-21(23)29)26(33)24-25(20-15-31-22-5-3-2-4-19(20)22)32(28(35)27(24)34)13-12-16-6-9-18(30)10-7-16/h2-11,14-15,25,31,33H,12-13H2,1H3/b26-24+. The van der Waals surface area contributed by atoms with Crippen molar-refractivity contribution < 1.29 is 23.8 Å². The van der Waals surface area contributed by atoms with Crippen molar-refractivity contribution in [2.24, 2.45) is 0 Å². The number of para-hydroxylation sites is 1. The highest BCUT2D eigenvalue weighted by atomic mass is 35.5. The summed E-state index contributed by atoms with van der Waals surface area (Å²) >= 11 is 6.14. The van der Waals surface area contributed by atoms with Gasteiger partial charge in [0.1, 0.15) is 17.3 Å². The number of benzene rings is 3. The number of nitrogens with one attached hydrogen (secondary N) is 1. The van der Waals surface area contributed by atoms with Gasteiger partial charge in [0, 0.05) is 34.8 Å². The van der Waals surface area contributed by atoms with Crippen LogP contribution in [0.25, 0.3) is 16.7 Å². The number of aromatic amines is 1. The lowest BCUT2D eigenvalue weighted by Crippen LogP contribution is -2.31. The minimum absolute atomic E-state index is 0.0202. The summed E-state index contributed by atoms with van der Waals surface area (Å²) in [5.41, 5.74) is 2.63. The highest BCUT2D eigenvalue weighted by Gasteiger charge is 2.46. The van der Waals surface area contributed by atoms with Crippen molar-refractivity contribution in [1.82, 2.24) is 9.88 Å². The smallest absolute Gasteiger partial charge is 0.295 e. The molecule has 2 heterocycles. The number of likely N-dealkylation sites (tertiary alicyclic amines) is 1. The lowest BCUT2D eigenvalue weighted by Gasteiger charge is -2.25. The molecule has 1 atom stereocenters. The average Bonchev–Trinajstić information content (AvgIpc) is 3.42. The Bertz CT molecular complexity index is 1510. The number of halogens is 2. The molecule has 6 nitrogen and oxygen atoms in total. The van der Waals surface area contributed by atoms with Crippen LogP contribution in [0.4, 0.5) is 4.39 Å². The van der Waals surface area contributed by atoms with E-state index >= 15 is 0 Å². The number of Topliss-reactive ketones (excluding diaryl/α,β-unsaturated/α-hetero) is 1. The van der Waals surface area contributed by atoms with Gasteiger partial charge in [-0.2, -0.15) is 0 Å². The molecule has 1 aliphatic rings. The molecule has 0 spiro atoms. The minimum atomic E-state index is -0.830. The number of H-pyrrole nitrogens is 1. The second-order valence-corrected chi connectivity index (χ2v) is 8.92. The molecule has 1 aromatic heterocycles. The monoisotopic (exact) mass is 504 g/mol. The number of carbonyl (C=O) groups excluding carboxylic acids is 2. The second-order valence-electron chi connectivity index (χ2n) is 8.51. The van der Waals surface area contributed by atoms with Crippen LogP contribution in [0.5, 0.6) is 5.75 Å². The first kappa shape index (κ1) is 23.6. The number of rotatable bonds is 6. The third kappa shape index (κ3) is 4.12. The van der Waals surface area contributed by atoms with E-state index in [1.165, 1.54) is 30.2 Å². The Hall–Kier alpha value is -4.10. The number of aliphatic hydroxyl groups is 1. The number of carbonyl (C=O) groups is 2. The third-order valence-electron chi connectivity index (χ3n) is 6.43. The fraction of sp³-hybridized carbons (Fsp3) is 0.143. The van der Waals surface area contributed by atoms with Gasteiger partial charge in [-0.15, -0.1) is 0 Å². The predicted molar refractivity (Wildman–Crippen MR) is 135 cm³/mol. The quantitative estimate of drug-likeness (QED) is 0.202. The molecule has 0 aliphatic carbocycles. The fourth-order valence-electron chi connectivity index (χ4n) is 4.62. The maximum Gasteiger partial charge on any atom is 0.295 e. The Morgan fingerprint density at radius 3 is 2.61 bits per heavy atom. The number of hydrogen-bond donors (Lipinski definition) is 2. The van der Waals surface area contributed by atoms with Crippen LogP contribution in [0, 0.1) is 5.82 Å². The van der Waals surface area contributed by atoms with E-state index in [4.69, 9.17) is 16.3 Å². The molecule has 1 unspecified atom stereocenters. The van der Waals surface area contributed by atoms with Crippen molar-refractivity contribution >= 4 is 40.0 Å². The Morgan fingerprint density at radius 2 is 1.86 bits per heavy atom. The highest BCUT2D eigenvalue weighted by molar-refractivity contribution is 6.46. The van der Waals surface area contributed by atoms with E-state index in [0.717, 1.165) is 16.5 Å². The molecule has 5 rings (SSSR count). The number of ether oxygens (including phenoxy) is 1. The number of hydrogen-bond acceptors (Lipinski definition) is 4. The van der Waals surface area contributed by atoms with Crippen molar-refractivity contribution in [2.75, 3.05) is 13.7 Å². The van der Waals surface area contributed by atoms with Crippen molar-refractivity contribution in [3.63, 3.8) is 0 Å². The third-order valence-corrected chi connectivity index (χ3v) is 6.75. The summed E-state index contributed by atoms with van der Waals surface area (Å²) in [5, 5.41) is 12.5. The summed E-state index contributed by atoms with van der Waals surface area (Å²) in [6.07, 6.45) is 2.16. The molecule has 8 heteroatoms. The summed E-state index contributed by atoms with van der Waals surface area (Å²) in [6, 6.07) is 17.4. The van der Waals surface area contributed by atoms with E-state index in [0.29, 0.717) is 28.3 Å². The van der Waals surface area contributed by atoms with E-state index in [9.17, 15) is 19.1 Å². The van der Waals surface area contributed by atoms with Crippen LogP contribution in [-0.4, -0.2) is 40.3 Å². The van der Waals surface area contributed by atoms with Gasteiger partial charge in [-0.1, -0.05) is 41.9 Å². The van der Waals surface area contributed by atoms with Gasteiger partial charge in [0.05, 0.1) is 23.7 Å². The number of fused-ring (bicyclic) bond motifs is 1. The molecule has 4 aromatic rings. The lowest BCUT2D eigenvalue weighted by atomic mass is 9.94. The molecule has 36 heavy (non-hydrogen) atoms. The number of aromatic nitrogens is 1. The molecule has 182 valence electrons. The average molecular weight is 505 g/mol. The van der Waals surface area contributed by atoms with Gasteiger partial charge in [0.2, 0.25) is 0 Å². The van der Waals surface area contributed by atoms with Crippen LogP contribution in [0.1, 0.15) is 22.7 Å². The van der Waals surface area contributed by atoms with Gasteiger partial charge in [0.15, 0.2) is 0 Å². The van der Waals surface area contributed by atoms with Gasteiger partial charge < -0.3 is 19.7 Å². The molecular formula is C28H22ClFN2O4. The number of aliphatic hydroxyl groups excluding tert-OH is 1. The molecule has 1 amide bonds. The van der Waals surface area contributed by atoms with Crippen molar-refractivity contribution in [3.05, 3.63) is 106 Å². The van der Waals surface area contributed by atoms with Crippen molar-refractivity contribution in [1.29, 1.82) is 0 Å². The molecule has 1 saturated heterocycles. The van der Waals surface area contributed by atoms with E-state index in [1.54, 1.807) is 30.5 Å². The fourth-order valence-corrected chi connectivity index (χ4v) is 4.81. The molecular weight excluding hydrogens is 483 g/mol. The second kappa shape index (κ2) is 9.51. The van der Waals surface area contributed by atoms with Crippen molar-refractivity contribution in [2.45, 2.75) is 12.5 Å². The summed E-state index contributed by atoms with van der Waals surface area (Å²) < 4.78 is 18.6. The molecule has 3 aromatic carbocycles. The van der Waals surface area contributed by atoms with E-state index in [-0.39, 0.29) is 23.7 Å². The van der Waals surface area contributed by atoms with Crippen molar-refractivity contribution in [3.8, 4) is 5.75 Å².